The second-order valence-electron chi connectivity index (χ2n) is 17.1. The summed E-state index contributed by atoms with van der Waals surface area (Å²) in [5, 5.41) is 0. The van der Waals surface area contributed by atoms with Crippen LogP contribution in [-0.2, 0) is 0 Å². The maximum absolute atomic E-state index is 13.5. The fourth-order valence-corrected chi connectivity index (χ4v) is 10.6. The summed E-state index contributed by atoms with van der Waals surface area (Å²) in [5.74, 6) is 3.58. The molecule has 0 nitrogen and oxygen atoms in total. The van der Waals surface area contributed by atoms with Gasteiger partial charge >= 0.3 is 0 Å². The standard InChI is InChI=1S/2C23H34F2/c2*1-2-3-4-5-17-6-8-18(9-7-17)19-10-12-20(13-11-19)21-14-15-22(24)23(25)16-21/h2*14-20H,2-13H2,1H3. The first-order chi connectivity index (χ1) is 24.3. The van der Waals surface area contributed by atoms with E-state index in [0.717, 1.165) is 72.3 Å². The zero-order chi connectivity index (χ0) is 35.3. The van der Waals surface area contributed by atoms with Crippen molar-refractivity contribution in [2.75, 3.05) is 0 Å². The highest BCUT2D eigenvalue weighted by atomic mass is 19.2. The lowest BCUT2D eigenvalue weighted by Crippen LogP contribution is -2.25. The largest absolute Gasteiger partial charge is 0.204 e. The predicted octanol–water partition coefficient (Wildman–Crippen LogP) is 15.3. The molecule has 0 N–H and O–H groups in total. The minimum absolute atomic E-state index is 0.428. The molecule has 0 aliphatic heterocycles. The van der Waals surface area contributed by atoms with Crippen LogP contribution in [0.4, 0.5) is 17.6 Å². The Bertz CT molecular complexity index is 1140. The normalized spacial score (nSPS) is 30.4. The fraction of sp³-hybridized carbons (Fsp3) is 0.739. The van der Waals surface area contributed by atoms with Crippen molar-refractivity contribution in [3.63, 3.8) is 0 Å². The molecule has 4 heteroatoms. The lowest BCUT2D eigenvalue weighted by molar-refractivity contribution is 0.155. The van der Waals surface area contributed by atoms with E-state index in [1.165, 1.54) is 153 Å². The minimum atomic E-state index is -0.729. The lowest BCUT2D eigenvalue weighted by atomic mass is 9.68. The first kappa shape index (κ1) is 39.4. The first-order valence-electron chi connectivity index (χ1n) is 21.2. The van der Waals surface area contributed by atoms with E-state index in [0.29, 0.717) is 11.8 Å². The third kappa shape index (κ3) is 11.6. The molecule has 4 aliphatic rings. The van der Waals surface area contributed by atoms with Crippen LogP contribution in [0.25, 0.3) is 0 Å². The van der Waals surface area contributed by atoms with Gasteiger partial charge in [0, 0.05) is 0 Å². The molecule has 0 spiro atoms. The Kier molecular flexibility index (Phi) is 16.1. The van der Waals surface area contributed by atoms with Gasteiger partial charge in [0.15, 0.2) is 23.3 Å². The molecule has 4 saturated carbocycles. The van der Waals surface area contributed by atoms with E-state index in [-0.39, 0.29) is 0 Å². The second-order valence-corrected chi connectivity index (χ2v) is 17.1. The average molecular weight is 697 g/mol. The van der Waals surface area contributed by atoms with Gasteiger partial charge in [0.1, 0.15) is 0 Å². The molecular weight excluding hydrogens is 628 g/mol. The third-order valence-corrected chi connectivity index (χ3v) is 13.9. The summed E-state index contributed by atoms with van der Waals surface area (Å²) >= 11 is 0. The van der Waals surface area contributed by atoms with Crippen LogP contribution in [0.3, 0.4) is 0 Å². The SMILES string of the molecule is CCCCCC1CCC(C2CCC(c3ccc(F)c(F)c3)CC2)CC1.CCCCCC1CCC(C2CCC(c3ccc(F)c(F)c3)CC2)CC1. The van der Waals surface area contributed by atoms with Gasteiger partial charge in [-0.15, -0.1) is 0 Å². The van der Waals surface area contributed by atoms with Crippen LogP contribution in [0.15, 0.2) is 36.4 Å². The van der Waals surface area contributed by atoms with E-state index in [1.807, 2.05) is 0 Å². The summed E-state index contributed by atoms with van der Waals surface area (Å²) in [6.07, 6.45) is 32.3. The Balaban J connectivity index is 0.000000194. The molecule has 0 unspecified atom stereocenters. The molecule has 50 heavy (non-hydrogen) atoms. The first-order valence-corrected chi connectivity index (χ1v) is 21.2. The van der Waals surface area contributed by atoms with Crippen molar-refractivity contribution in [1.29, 1.82) is 0 Å². The molecule has 4 aliphatic carbocycles. The van der Waals surface area contributed by atoms with E-state index in [9.17, 15) is 17.6 Å². The molecule has 6 rings (SSSR count). The zero-order valence-electron chi connectivity index (χ0n) is 31.6. The molecule has 4 fully saturated rings. The topological polar surface area (TPSA) is 0 Å². The number of rotatable bonds is 12. The van der Waals surface area contributed by atoms with Gasteiger partial charge in [-0.3, -0.25) is 0 Å². The van der Waals surface area contributed by atoms with Crippen molar-refractivity contribution < 1.29 is 17.6 Å². The Labute approximate surface area is 303 Å². The van der Waals surface area contributed by atoms with Crippen molar-refractivity contribution in [3.05, 3.63) is 70.8 Å². The van der Waals surface area contributed by atoms with Crippen molar-refractivity contribution in [2.45, 2.75) is 180 Å². The number of benzene rings is 2. The van der Waals surface area contributed by atoms with Crippen molar-refractivity contribution in [1.82, 2.24) is 0 Å². The van der Waals surface area contributed by atoms with Crippen LogP contribution >= 0.6 is 0 Å². The highest BCUT2D eigenvalue weighted by Gasteiger charge is 2.33. The summed E-state index contributed by atoms with van der Waals surface area (Å²) in [4.78, 5) is 0. The fourth-order valence-electron chi connectivity index (χ4n) is 10.6. The Morgan fingerprint density at radius 1 is 0.400 bits per heavy atom. The van der Waals surface area contributed by atoms with Crippen LogP contribution in [0.2, 0.25) is 0 Å². The van der Waals surface area contributed by atoms with Crippen LogP contribution < -0.4 is 0 Å². The second kappa shape index (κ2) is 20.4. The summed E-state index contributed by atoms with van der Waals surface area (Å²) in [5.41, 5.74) is 1.99. The third-order valence-electron chi connectivity index (χ3n) is 13.9. The Morgan fingerprint density at radius 2 is 0.720 bits per heavy atom. The Morgan fingerprint density at radius 3 is 1.02 bits per heavy atom. The van der Waals surface area contributed by atoms with E-state index in [4.69, 9.17) is 0 Å². The van der Waals surface area contributed by atoms with E-state index in [1.54, 1.807) is 12.1 Å². The molecular formula is C46H68F4. The highest BCUT2D eigenvalue weighted by Crippen LogP contribution is 2.46. The van der Waals surface area contributed by atoms with Gasteiger partial charge in [0.05, 0.1) is 0 Å². The van der Waals surface area contributed by atoms with Crippen LogP contribution in [0.1, 0.15) is 191 Å². The summed E-state index contributed by atoms with van der Waals surface area (Å²) in [6.45, 7) is 4.57. The van der Waals surface area contributed by atoms with Crippen molar-refractivity contribution >= 4 is 0 Å². The molecule has 0 radical (unpaired) electrons. The number of hydrogen-bond donors (Lipinski definition) is 0. The molecule has 280 valence electrons. The van der Waals surface area contributed by atoms with Gasteiger partial charge in [0.25, 0.3) is 0 Å². The van der Waals surface area contributed by atoms with Crippen molar-refractivity contribution in [2.24, 2.45) is 35.5 Å². The number of hydrogen-bond acceptors (Lipinski definition) is 0. The molecule has 0 saturated heterocycles. The molecule has 2 aromatic rings. The quantitative estimate of drug-likeness (QED) is 0.153. The number of unbranched alkanes of at least 4 members (excludes halogenated alkanes) is 4. The van der Waals surface area contributed by atoms with Gasteiger partial charge < -0.3 is 0 Å². The van der Waals surface area contributed by atoms with E-state index in [2.05, 4.69) is 13.8 Å². The van der Waals surface area contributed by atoms with Crippen LogP contribution in [0.5, 0.6) is 0 Å². The summed E-state index contributed by atoms with van der Waals surface area (Å²) in [7, 11) is 0. The van der Waals surface area contributed by atoms with Gasteiger partial charge in [-0.05, 0) is 160 Å². The maximum Gasteiger partial charge on any atom is 0.159 e. The van der Waals surface area contributed by atoms with Gasteiger partial charge in [-0.2, -0.15) is 0 Å². The maximum atomic E-state index is 13.5. The smallest absolute Gasteiger partial charge is 0.159 e. The molecule has 0 atom stereocenters. The zero-order valence-corrected chi connectivity index (χ0v) is 31.6. The highest BCUT2D eigenvalue weighted by molar-refractivity contribution is 5.23. The molecule has 2 aromatic carbocycles. The van der Waals surface area contributed by atoms with Gasteiger partial charge in [-0.1, -0.05) is 103 Å². The van der Waals surface area contributed by atoms with Crippen LogP contribution in [0, 0.1) is 58.8 Å². The minimum Gasteiger partial charge on any atom is -0.204 e. The van der Waals surface area contributed by atoms with Crippen LogP contribution in [-0.4, -0.2) is 0 Å². The molecule has 0 aromatic heterocycles. The molecule has 0 heterocycles. The van der Waals surface area contributed by atoms with E-state index < -0.39 is 23.3 Å². The average Bonchev–Trinajstić information content (AvgIpc) is 3.15. The molecule has 0 bridgehead atoms. The Hall–Kier alpha value is -1.84. The number of halogens is 4. The monoisotopic (exact) mass is 697 g/mol. The summed E-state index contributed by atoms with van der Waals surface area (Å²) in [6, 6.07) is 8.98. The van der Waals surface area contributed by atoms with E-state index >= 15 is 0 Å². The summed E-state index contributed by atoms with van der Waals surface area (Å²) < 4.78 is 53.2. The lowest BCUT2D eigenvalue weighted by Gasteiger charge is -2.38. The molecule has 0 amide bonds. The van der Waals surface area contributed by atoms with Gasteiger partial charge in [0.2, 0.25) is 0 Å². The predicted molar refractivity (Wildman–Crippen MR) is 201 cm³/mol. The van der Waals surface area contributed by atoms with Crippen molar-refractivity contribution in [3.8, 4) is 0 Å². The van der Waals surface area contributed by atoms with Gasteiger partial charge in [-0.25, -0.2) is 17.6 Å².